The Kier molecular flexibility index (Phi) is 2.98. The number of anilines is 1. The normalized spacial score (nSPS) is 17.5. The van der Waals surface area contributed by atoms with Crippen LogP contribution in [0, 0.1) is 6.92 Å². The van der Waals surface area contributed by atoms with Gasteiger partial charge in [-0.1, -0.05) is 0 Å². The SMILES string of the molecule is Cc1nc2ccc(NC(=O)C(F)(F)C3(O)CCC3)cc2o1. The van der Waals surface area contributed by atoms with Crippen LogP contribution in [0.4, 0.5) is 14.5 Å². The first kappa shape index (κ1) is 13.9. The number of fused-ring (bicyclic) bond motifs is 1. The fourth-order valence-corrected chi connectivity index (χ4v) is 2.36. The van der Waals surface area contributed by atoms with Crippen molar-refractivity contribution in [3.05, 3.63) is 24.1 Å². The van der Waals surface area contributed by atoms with Crippen LogP contribution < -0.4 is 5.32 Å². The first-order chi connectivity index (χ1) is 9.82. The third kappa shape index (κ3) is 2.17. The van der Waals surface area contributed by atoms with E-state index in [4.69, 9.17) is 4.42 Å². The van der Waals surface area contributed by atoms with Crippen LogP contribution in [0.3, 0.4) is 0 Å². The molecule has 7 heteroatoms. The summed E-state index contributed by atoms with van der Waals surface area (Å²) in [6, 6.07) is 4.45. The molecule has 0 radical (unpaired) electrons. The van der Waals surface area contributed by atoms with Gasteiger partial charge in [0.05, 0.1) is 0 Å². The van der Waals surface area contributed by atoms with Gasteiger partial charge < -0.3 is 14.8 Å². The average molecular weight is 296 g/mol. The summed E-state index contributed by atoms with van der Waals surface area (Å²) >= 11 is 0. The number of carbonyl (C=O) groups is 1. The fraction of sp³-hybridized carbons (Fsp3) is 0.429. The van der Waals surface area contributed by atoms with Gasteiger partial charge >= 0.3 is 5.92 Å². The van der Waals surface area contributed by atoms with Crippen molar-refractivity contribution in [2.45, 2.75) is 37.7 Å². The molecule has 1 aromatic heterocycles. The second-order valence-corrected chi connectivity index (χ2v) is 5.33. The molecule has 1 saturated carbocycles. The van der Waals surface area contributed by atoms with E-state index in [1.807, 2.05) is 0 Å². The molecular weight excluding hydrogens is 282 g/mol. The van der Waals surface area contributed by atoms with Crippen LogP contribution in [0.1, 0.15) is 25.2 Å². The van der Waals surface area contributed by atoms with Crippen LogP contribution in [0.15, 0.2) is 22.6 Å². The highest BCUT2D eigenvalue weighted by atomic mass is 19.3. The number of hydrogen-bond donors (Lipinski definition) is 2. The standard InChI is InChI=1S/C14H14F2N2O3/c1-8-17-10-4-3-9(7-11(10)21-8)18-12(19)14(15,16)13(20)5-2-6-13/h3-4,7,20H,2,5-6H2,1H3,(H,18,19). The Morgan fingerprint density at radius 3 is 2.81 bits per heavy atom. The molecule has 0 atom stereocenters. The highest BCUT2D eigenvalue weighted by Crippen LogP contribution is 2.44. The molecule has 112 valence electrons. The van der Waals surface area contributed by atoms with Crippen LogP contribution >= 0.6 is 0 Å². The Morgan fingerprint density at radius 2 is 2.19 bits per heavy atom. The van der Waals surface area contributed by atoms with E-state index in [0.717, 1.165) is 0 Å². The molecule has 2 N–H and O–H groups in total. The van der Waals surface area contributed by atoms with E-state index in [1.165, 1.54) is 12.1 Å². The maximum atomic E-state index is 14.0. The Bertz CT molecular complexity index is 707. The number of nitrogens with zero attached hydrogens (tertiary/aromatic N) is 1. The smallest absolute Gasteiger partial charge is 0.352 e. The second-order valence-electron chi connectivity index (χ2n) is 5.33. The summed E-state index contributed by atoms with van der Waals surface area (Å²) in [6.07, 6.45) is 0.337. The van der Waals surface area contributed by atoms with Gasteiger partial charge in [-0.25, -0.2) is 4.98 Å². The lowest BCUT2D eigenvalue weighted by atomic mass is 9.75. The molecule has 3 rings (SSSR count). The molecule has 21 heavy (non-hydrogen) atoms. The minimum atomic E-state index is -3.82. The van der Waals surface area contributed by atoms with Crippen LogP contribution in [-0.4, -0.2) is 27.5 Å². The Labute approximate surface area is 119 Å². The summed E-state index contributed by atoms with van der Waals surface area (Å²) in [5, 5.41) is 11.8. The van der Waals surface area contributed by atoms with Gasteiger partial charge in [0.2, 0.25) is 0 Å². The monoisotopic (exact) mass is 296 g/mol. The number of aryl methyl sites for hydroxylation is 1. The molecule has 0 unspecified atom stereocenters. The van der Waals surface area contributed by atoms with Gasteiger partial charge in [0.1, 0.15) is 11.1 Å². The van der Waals surface area contributed by atoms with Crippen molar-refractivity contribution in [3.63, 3.8) is 0 Å². The van der Waals surface area contributed by atoms with E-state index in [1.54, 1.807) is 13.0 Å². The van der Waals surface area contributed by atoms with Crippen molar-refractivity contribution in [2.24, 2.45) is 0 Å². The second kappa shape index (κ2) is 4.49. The van der Waals surface area contributed by atoms with E-state index in [9.17, 15) is 18.7 Å². The van der Waals surface area contributed by atoms with Crippen molar-refractivity contribution >= 4 is 22.7 Å². The average Bonchev–Trinajstić information content (AvgIpc) is 2.75. The predicted octanol–water partition coefficient (Wildman–Crippen LogP) is 2.63. The molecule has 1 amide bonds. The van der Waals surface area contributed by atoms with Gasteiger partial charge in [-0.3, -0.25) is 4.79 Å². The van der Waals surface area contributed by atoms with Crippen molar-refractivity contribution in [1.29, 1.82) is 0 Å². The predicted molar refractivity (Wildman–Crippen MR) is 71.1 cm³/mol. The Morgan fingerprint density at radius 1 is 1.48 bits per heavy atom. The lowest BCUT2D eigenvalue weighted by Gasteiger charge is -2.41. The number of nitrogens with one attached hydrogen (secondary N) is 1. The number of hydrogen-bond acceptors (Lipinski definition) is 4. The highest BCUT2D eigenvalue weighted by Gasteiger charge is 2.61. The van der Waals surface area contributed by atoms with Gasteiger partial charge in [0.15, 0.2) is 11.5 Å². The van der Waals surface area contributed by atoms with Crippen LogP contribution in [0.2, 0.25) is 0 Å². The first-order valence-corrected chi connectivity index (χ1v) is 6.61. The number of oxazole rings is 1. The first-order valence-electron chi connectivity index (χ1n) is 6.61. The number of alkyl halides is 2. The molecule has 2 aromatic rings. The quantitative estimate of drug-likeness (QED) is 0.913. The molecule has 1 heterocycles. The van der Waals surface area contributed by atoms with Gasteiger partial charge in [-0.2, -0.15) is 8.78 Å². The number of amides is 1. The molecule has 0 spiro atoms. The number of rotatable bonds is 3. The topological polar surface area (TPSA) is 75.4 Å². The molecular formula is C14H14F2N2O3. The third-order valence-electron chi connectivity index (χ3n) is 3.80. The molecule has 1 aliphatic rings. The lowest BCUT2D eigenvalue weighted by molar-refractivity contribution is -0.212. The Hall–Kier alpha value is -2.02. The molecule has 0 aliphatic heterocycles. The maximum absolute atomic E-state index is 14.0. The summed E-state index contributed by atoms with van der Waals surface area (Å²) in [5.41, 5.74) is -1.08. The zero-order valence-electron chi connectivity index (χ0n) is 11.3. The van der Waals surface area contributed by atoms with E-state index in [2.05, 4.69) is 10.3 Å². The summed E-state index contributed by atoms with van der Waals surface area (Å²) < 4.78 is 33.2. The summed E-state index contributed by atoms with van der Waals surface area (Å²) in [4.78, 5) is 15.8. The zero-order chi connectivity index (χ0) is 15.3. The largest absolute Gasteiger partial charge is 0.441 e. The summed E-state index contributed by atoms with van der Waals surface area (Å²) in [6.45, 7) is 1.67. The fourth-order valence-electron chi connectivity index (χ4n) is 2.36. The number of halogens is 2. The molecule has 1 aromatic carbocycles. The van der Waals surface area contributed by atoms with Crippen LogP contribution in [0.5, 0.6) is 0 Å². The zero-order valence-corrected chi connectivity index (χ0v) is 11.3. The van der Waals surface area contributed by atoms with Gasteiger partial charge in [-0.05, 0) is 31.4 Å². The van der Waals surface area contributed by atoms with E-state index < -0.39 is 17.4 Å². The number of carbonyl (C=O) groups excluding carboxylic acids is 1. The van der Waals surface area contributed by atoms with E-state index in [-0.39, 0.29) is 18.5 Å². The highest BCUT2D eigenvalue weighted by molar-refractivity contribution is 5.98. The van der Waals surface area contributed by atoms with E-state index >= 15 is 0 Å². The van der Waals surface area contributed by atoms with Crippen molar-refractivity contribution in [2.75, 3.05) is 5.32 Å². The minimum Gasteiger partial charge on any atom is -0.441 e. The summed E-state index contributed by atoms with van der Waals surface area (Å²) in [7, 11) is 0. The van der Waals surface area contributed by atoms with Gasteiger partial charge in [0.25, 0.3) is 5.91 Å². The molecule has 0 bridgehead atoms. The lowest BCUT2D eigenvalue weighted by Crippen LogP contribution is -2.59. The summed E-state index contributed by atoms with van der Waals surface area (Å²) in [5.74, 6) is -4.89. The Balaban J connectivity index is 1.82. The van der Waals surface area contributed by atoms with Gasteiger partial charge in [-0.15, -0.1) is 0 Å². The molecule has 5 nitrogen and oxygen atoms in total. The van der Waals surface area contributed by atoms with Crippen LogP contribution in [0.25, 0.3) is 11.1 Å². The molecule has 1 fully saturated rings. The number of benzene rings is 1. The number of aliphatic hydroxyl groups is 1. The molecule has 1 aliphatic carbocycles. The maximum Gasteiger partial charge on any atom is 0.352 e. The van der Waals surface area contributed by atoms with Gasteiger partial charge in [0, 0.05) is 18.7 Å². The van der Waals surface area contributed by atoms with Crippen molar-refractivity contribution in [3.8, 4) is 0 Å². The minimum absolute atomic E-state index is 0.0756. The van der Waals surface area contributed by atoms with Crippen LogP contribution in [-0.2, 0) is 4.79 Å². The van der Waals surface area contributed by atoms with E-state index in [0.29, 0.717) is 23.4 Å². The third-order valence-corrected chi connectivity index (χ3v) is 3.80. The number of aromatic nitrogens is 1. The molecule has 0 saturated heterocycles. The van der Waals surface area contributed by atoms with Crippen molar-refractivity contribution in [1.82, 2.24) is 4.98 Å². The van der Waals surface area contributed by atoms with Crippen molar-refractivity contribution < 1.29 is 23.1 Å².